The molecule has 9 heteroatoms. The summed E-state index contributed by atoms with van der Waals surface area (Å²) in [6.07, 6.45) is 1.37. The first-order valence-electron chi connectivity index (χ1n) is 9.83. The molecule has 0 aliphatic carbocycles. The highest BCUT2D eigenvalue weighted by molar-refractivity contribution is 6.39. The minimum Gasteiger partial charge on any atom is -0.497 e. The molecular formula is C24H22FN3O5. The fourth-order valence-corrected chi connectivity index (χ4v) is 2.72. The first-order valence-corrected chi connectivity index (χ1v) is 9.83. The van der Waals surface area contributed by atoms with Crippen LogP contribution in [-0.2, 0) is 16.2 Å². The Morgan fingerprint density at radius 1 is 0.939 bits per heavy atom. The Labute approximate surface area is 190 Å². The van der Waals surface area contributed by atoms with Crippen molar-refractivity contribution in [2.75, 3.05) is 19.5 Å². The summed E-state index contributed by atoms with van der Waals surface area (Å²) in [5.74, 6) is -0.751. The Morgan fingerprint density at radius 2 is 1.67 bits per heavy atom. The number of amides is 2. The molecule has 0 spiro atoms. The summed E-state index contributed by atoms with van der Waals surface area (Å²) in [6, 6.07) is 17.9. The highest BCUT2D eigenvalue weighted by Gasteiger charge is 2.15. The normalized spacial score (nSPS) is 10.5. The van der Waals surface area contributed by atoms with Crippen LogP contribution >= 0.6 is 0 Å². The zero-order chi connectivity index (χ0) is 23.6. The van der Waals surface area contributed by atoms with Crippen molar-refractivity contribution in [3.63, 3.8) is 0 Å². The number of ether oxygens (including phenoxy) is 3. The standard InChI is InChI=1S/C24H22FN3O5/c1-31-19-11-12-21(22(13-19)32-2)27-23(29)24(30)28-26-14-16-7-9-18(10-8-16)33-15-17-5-3-4-6-20(17)25/h3-14H,15H2,1-2H3,(H,27,29)(H,28,30). The van der Waals surface area contributed by atoms with E-state index in [9.17, 15) is 14.0 Å². The third kappa shape index (κ3) is 6.54. The van der Waals surface area contributed by atoms with Crippen molar-refractivity contribution >= 4 is 23.7 Å². The maximum atomic E-state index is 13.6. The maximum absolute atomic E-state index is 13.6. The second kappa shape index (κ2) is 11.3. The van der Waals surface area contributed by atoms with E-state index in [2.05, 4.69) is 15.8 Å². The largest absolute Gasteiger partial charge is 0.497 e. The first-order chi connectivity index (χ1) is 16.0. The van der Waals surface area contributed by atoms with Gasteiger partial charge in [0.25, 0.3) is 0 Å². The van der Waals surface area contributed by atoms with E-state index in [0.29, 0.717) is 34.1 Å². The quantitative estimate of drug-likeness (QED) is 0.310. The SMILES string of the molecule is COc1ccc(NC(=O)C(=O)NN=Cc2ccc(OCc3ccccc3F)cc2)c(OC)c1. The molecule has 0 atom stereocenters. The van der Waals surface area contributed by atoms with Crippen LogP contribution in [0, 0.1) is 5.82 Å². The second-order valence-electron chi connectivity index (χ2n) is 6.67. The molecule has 0 aliphatic rings. The molecular weight excluding hydrogens is 429 g/mol. The number of rotatable bonds is 8. The van der Waals surface area contributed by atoms with Crippen molar-refractivity contribution in [2.45, 2.75) is 6.61 Å². The Kier molecular flexibility index (Phi) is 7.96. The molecule has 3 rings (SSSR count). The molecule has 0 bridgehead atoms. The van der Waals surface area contributed by atoms with E-state index in [0.717, 1.165) is 0 Å². The van der Waals surface area contributed by atoms with Crippen LogP contribution in [0.3, 0.4) is 0 Å². The van der Waals surface area contributed by atoms with Crippen LogP contribution < -0.4 is 25.0 Å². The summed E-state index contributed by atoms with van der Waals surface area (Å²) in [5.41, 5.74) is 3.59. The highest BCUT2D eigenvalue weighted by atomic mass is 19.1. The zero-order valence-corrected chi connectivity index (χ0v) is 18.0. The third-order valence-corrected chi connectivity index (χ3v) is 4.48. The van der Waals surface area contributed by atoms with E-state index in [1.54, 1.807) is 60.7 Å². The molecule has 0 unspecified atom stereocenters. The average Bonchev–Trinajstić information content (AvgIpc) is 2.84. The maximum Gasteiger partial charge on any atom is 0.329 e. The number of hydrogen-bond donors (Lipinski definition) is 2. The van der Waals surface area contributed by atoms with Crippen molar-refractivity contribution in [3.8, 4) is 17.2 Å². The van der Waals surface area contributed by atoms with Crippen molar-refractivity contribution in [1.29, 1.82) is 0 Å². The smallest absolute Gasteiger partial charge is 0.329 e. The fraction of sp³-hybridized carbons (Fsp3) is 0.125. The van der Waals surface area contributed by atoms with Crippen LogP contribution in [0.2, 0.25) is 0 Å². The molecule has 0 radical (unpaired) electrons. The van der Waals surface area contributed by atoms with Gasteiger partial charge in [0, 0.05) is 11.6 Å². The van der Waals surface area contributed by atoms with Gasteiger partial charge < -0.3 is 19.5 Å². The Morgan fingerprint density at radius 3 is 2.36 bits per heavy atom. The summed E-state index contributed by atoms with van der Waals surface area (Å²) in [7, 11) is 2.94. The van der Waals surface area contributed by atoms with Crippen LogP contribution in [-0.4, -0.2) is 32.2 Å². The highest BCUT2D eigenvalue weighted by Crippen LogP contribution is 2.28. The first kappa shape index (κ1) is 23.3. The van der Waals surface area contributed by atoms with E-state index in [4.69, 9.17) is 14.2 Å². The van der Waals surface area contributed by atoms with Gasteiger partial charge in [0.1, 0.15) is 29.7 Å². The molecule has 3 aromatic rings. The number of nitrogens with one attached hydrogen (secondary N) is 2. The molecule has 170 valence electrons. The molecule has 3 aromatic carbocycles. The Hall–Kier alpha value is -4.40. The molecule has 0 saturated carbocycles. The van der Waals surface area contributed by atoms with E-state index in [1.807, 2.05) is 0 Å². The lowest BCUT2D eigenvalue weighted by molar-refractivity contribution is -0.136. The van der Waals surface area contributed by atoms with Crippen LogP contribution in [0.25, 0.3) is 0 Å². The lowest BCUT2D eigenvalue weighted by Gasteiger charge is -2.10. The number of nitrogens with zero attached hydrogens (tertiary/aromatic N) is 1. The molecule has 0 fully saturated rings. The van der Waals surface area contributed by atoms with Gasteiger partial charge in [0.15, 0.2) is 0 Å². The van der Waals surface area contributed by atoms with E-state index in [-0.39, 0.29) is 12.4 Å². The Bertz CT molecular complexity index is 1150. The lowest BCUT2D eigenvalue weighted by atomic mass is 10.2. The van der Waals surface area contributed by atoms with Gasteiger partial charge in [0.2, 0.25) is 0 Å². The fourth-order valence-electron chi connectivity index (χ4n) is 2.72. The van der Waals surface area contributed by atoms with Crippen molar-refractivity contribution in [3.05, 3.63) is 83.7 Å². The van der Waals surface area contributed by atoms with Gasteiger partial charge in [-0.05, 0) is 48.0 Å². The van der Waals surface area contributed by atoms with Crippen molar-refractivity contribution < 1.29 is 28.2 Å². The lowest BCUT2D eigenvalue weighted by Crippen LogP contribution is -2.32. The van der Waals surface area contributed by atoms with Gasteiger partial charge >= 0.3 is 11.8 Å². The van der Waals surface area contributed by atoms with Gasteiger partial charge in [-0.15, -0.1) is 0 Å². The van der Waals surface area contributed by atoms with Crippen LogP contribution in [0.1, 0.15) is 11.1 Å². The van der Waals surface area contributed by atoms with Gasteiger partial charge in [-0.3, -0.25) is 9.59 Å². The molecule has 33 heavy (non-hydrogen) atoms. The molecule has 0 aliphatic heterocycles. The number of anilines is 1. The summed E-state index contributed by atoms with van der Waals surface area (Å²) >= 11 is 0. The molecule has 8 nitrogen and oxygen atoms in total. The number of benzene rings is 3. The number of hydrogen-bond acceptors (Lipinski definition) is 6. The number of carbonyl (C=O) groups excluding carboxylic acids is 2. The van der Waals surface area contributed by atoms with Gasteiger partial charge in [-0.25, -0.2) is 9.82 Å². The van der Waals surface area contributed by atoms with Crippen molar-refractivity contribution in [1.82, 2.24) is 5.43 Å². The molecule has 2 amide bonds. The minimum atomic E-state index is -0.950. The van der Waals surface area contributed by atoms with Crippen LogP contribution in [0.15, 0.2) is 71.8 Å². The monoisotopic (exact) mass is 451 g/mol. The summed E-state index contributed by atoms with van der Waals surface area (Å²) < 4.78 is 29.5. The van der Waals surface area contributed by atoms with Gasteiger partial charge in [0.05, 0.1) is 26.1 Å². The number of methoxy groups -OCH3 is 2. The average molecular weight is 451 g/mol. The van der Waals surface area contributed by atoms with E-state index < -0.39 is 11.8 Å². The predicted molar refractivity (Wildman–Crippen MR) is 121 cm³/mol. The Balaban J connectivity index is 1.50. The number of halogens is 1. The molecule has 0 aromatic heterocycles. The predicted octanol–water partition coefficient (Wildman–Crippen LogP) is 3.51. The van der Waals surface area contributed by atoms with Gasteiger partial charge in [-0.1, -0.05) is 18.2 Å². The second-order valence-corrected chi connectivity index (χ2v) is 6.67. The van der Waals surface area contributed by atoms with Crippen molar-refractivity contribution in [2.24, 2.45) is 5.10 Å². The third-order valence-electron chi connectivity index (χ3n) is 4.48. The summed E-state index contributed by atoms with van der Waals surface area (Å²) in [6.45, 7) is 0.101. The van der Waals surface area contributed by atoms with Crippen LogP contribution in [0.5, 0.6) is 17.2 Å². The van der Waals surface area contributed by atoms with E-state index >= 15 is 0 Å². The summed E-state index contributed by atoms with van der Waals surface area (Å²) in [5, 5.41) is 6.23. The molecule has 2 N–H and O–H groups in total. The number of carbonyl (C=O) groups is 2. The molecule has 0 saturated heterocycles. The number of hydrazone groups is 1. The minimum absolute atomic E-state index is 0.101. The topological polar surface area (TPSA) is 98.2 Å². The van der Waals surface area contributed by atoms with Gasteiger partial charge in [-0.2, -0.15) is 5.10 Å². The van der Waals surface area contributed by atoms with E-state index in [1.165, 1.54) is 26.5 Å². The summed E-state index contributed by atoms with van der Waals surface area (Å²) in [4.78, 5) is 24.1. The van der Waals surface area contributed by atoms with Crippen LogP contribution in [0.4, 0.5) is 10.1 Å². The zero-order valence-electron chi connectivity index (χ0n) is 18.0. The molecule has 0 heterocycles.